The van der Waals surface area contributed by atoms with Crippen molar-refractivity contribution in [2.75, 3.05) is 13.2 Å². The second kappa shape index (κ2) is 5.74. The van der Waals surface area contributed by atoms with Crippen LogP contribution in [0.4, 0.5) is 0 Å². The van der Waals surface area contributed by atoms with Crippen LogP contribution in [-0.4, -0.2) is 24.9 Å². The van der Waals surface area contributed by atoms with Gasteiger partial charge in [-0.3, -0.25) is 0 Å². The summed E-state index contributed by atoms with van der Waals surface area (Å²) < 4.78 is 12.1. The molecule has 1 spiro atoms. The van der Waals surface area contributed by atoms with Crippen LogP contribution in [0.3, 0.4) is 0 Å². The molecule has 3 rings (SSSR count). The van der Waals surface area contributed by atoms with Crippen LogP contribution in [-0.2, 0) is 4.74 Å². The Hall–Kier alpha value is -1.06. The predicted molar refractivity (Wildman–Crippen MR) is 80.1 cm³/mol. The van der Waals surface area contributed by atoms with Gasteiger partial charge in [-0.2, -0.15) is 0 Å². The van der Waals surface area contributed by atoms with Gasteiger partial charge in [0.1, 0.15) is 11.4 Å². The molecule has 2 aliphatic rings. The van der Waals surface area contributed by atoms with E-state index in [-0.39, 0.29) is 5.60 Å². The highest BCUT2D eigenvalue weighted by atomic mass is 16.5. The molecular weight excluding hydrogens is 250 g/mol. The van der Waals surface area contributed by atoms with Crippen molar-refractivity contribution in [2.45, 2.75) is 57.3 Å². The lowest BCUT2D eigenvalue weighted by atomic mass is 9.80. The normalized spacial score (nSPS) is 32.7. The molecule has 0 radical (unpaired) electrons. The Kier molecular flexibility index (Phi) is 3.99. The standard InChI is InChI=1S/C17H25NO2/c1-3-9-18-15-12-17(8-10-19-13(2)11-17)20-16-7-5-4-6-14(15)16/h4-7,13,15,18H,3,8-12H2,1-2H3. The highest BCUT2D eigenvalue weighted by Crippen LogP contribution is 2.44. The molecule has 20 heavy (non-hydrogen) atoms. The number of hydrogen-bond acceptors (Lipinski definition) is 3. The van der Waals surface area contributed by atoms with E-state index in [0.717, 1.165) is 44.6 Å². The average molecular weight is 275 g/mol. The maximum absolute atomic E-state index is 6.42. The van der Waals surface area contributed by atoms with E-state index in [9.17, 15) is 0 Å². The molecule has 1 fully saturated rings. The van der Waals surface area contributed by atoms with Gasteiger partial charge in [0.05, 0.1) is 12.7 Å². The maximum atomic E-state index is 6.42. The van der Waals surface area contributed by atoms with E-state index in [2.05, 4.69) is 43.4 Å². The molecule has 0 amide bonds. The first-order valence-corrected chi connectivity index (χ1v) is 7.85. The zero-order valence-electron chi connectivity index (χ0n) is 12.5. The van der Waals surface area contributed by atoms with Gasteiger partial charge in [-0.05, 0) is 26.0 Å². The zero-order valence-corrected chi connectivity index (χ0v) is 12.5. The van der Waals surface area contributed by atoms with Gasteiger partial charge in [0.25, 0.3) is 0 Å². The molecule has 1 saturated heterocycles. The molecule has 1 aromatic carbocycles. The summed E-state index contributed by atoms with van der Waals surface area (Å²) in [5.74, 6) is 1.06. The third-order valence-corrected chi connectivity index (χ3v) is 4.46. The van der Waals surface area contributed by atoms with Crippen LogP contribution < -0.4 is 10.1 Å². The van der Waals surface area contributed by atoms with Crippen molar-refractivity contribution in [1.29, 1.82) is 0 Å². The molecule has 2 heterocycles. The molecule has 3 unspecified atom stereocenters. The molecule has 110 valence electrons. The molecule has 0 aromatic heterocycles. The first-order chi connectivity index (χ1) is 9.72. The highest BCUT2D eigenvalue weighted by molar-refractivity contribution is 5.39. The highest BCUT2D eigenvalue weighted by Gasteiger charge is 2.43. The average Bonchev–Trinajstić information content (AvgIpc) is 2.44. The number of ether oxygens (including phenoxy) is 2. The SMILES string of the molecule is CCCNC1CC2(CCOC(C)C2)Oc2ccccc21. The Balaban J connectivity index is 1.87. The number of rotatable bonds is 3. The van der Waals surface area contributed by atoms with Crippen LogP contribution >= 0.6 is 0 Å². The molecular formula is C17H25NO2. The van der Waals surface area contributed by atoms with Crippen molar-refractivity contribution in [3.8, 4) is 5.75 Å². The molecule has 1 aromatic rings. The Morgan fingerprint density at radius 2 is 2.15 bits per heavy atom. The van der Waals surface area contributed by atoms with E-state index in [0.29, 0.717) is 12.1 Å². The van der Waals surface area contributed by atoms with Crippen LogP contribution in [0.25, 0.3) is 0 Å². The second-order valence-corrected chi connectivity index (χ2v) is 6.17. The summed E-state index contributed by atoms with van der Waals surface area (Å²) in [6, 6.07) is 8.88. The molecule has 2 aliphatic heterocycles. The van der Waals surface area contributed by atoms with Gasteiger partial charge < -0.3 is 14.8 Å². The van der Waals surface area contributed by atoms with Gasteiger partial charge in [0.2, 0.25) is 0 Å². The number of hydrogen-bond donors (Lipinski definition) is 1. The largest absolute Gasteiger partial charge is 0.487 e. The quantitative estimate of drug-likeness (QED) is 0.916. The van der Waals surface area contributed by atoms with Crippen LogP contribution in [0, 0.1) is 0 Å². The molecule has 3 atom stereocenters. The van der Waals surface area contributed by atoms with Gasteiger partial charge in [0.15, 0.2) is 0 Å². The Morgan fingerprint density at radius 3 is 2.95 bits per heavy atom. The van der Waals surface area contributed by atoms with Crippen molar-refractivity contribution < 1.29 is 9.47 Å². The van der Waals surface area contributed by atoms with Gasteiger partial charge >= 0.3 is 0 Å². The third-order valence-electron chi connectivity index (χ3n) is 4.46. The summed E-state index contributed by atoms with van der Waals surface area (Å²) in [6.07, 6.45) is 4.49. The zero-order chi connectivity index (χ0) is 14.0. The van der Waals surface area contributed by atoms with Crippen LogP contribution in [0.15, 0.2) is 24.3 Å². The summed E-state index contributed by atoms with van der Waals surface area (Å²) >= 11 is 0. The Bertz CT molecular complexity index is 462. The minimum absolute atomic E-state index is 0.0442. The minimum atomic E-state index is -0.0442. The fraction of sp³-hybridized carbons (Fsp3) is 0.647. The van der Waals surface area contributed by atoms with Gasteiger partial charge in [-0.25, -0.2) is 0 Å². The van der Waals surface area contributed by atoms with Crippen LogP contribution in [0.1, 0.15) is 51.1 Å². The lowest BCUT2D eigenvalue weighted by Gasteiger charge is -2.46. The number of benzene rings is 1. The minimum Gasteiger partial charge on any atom is -0.487 e. The molecule has 0 bridgehead atoms. The Morgan fingerprint density at radius 1 is 1.30 bits per heavy atom. The number of para-hydroxylation sites is 1. The first kappa shape index (κ1) is 13.9. The van der Waals surface area contributed by atoms with E-state index < -0.39 is 0 Å². The number of nitrogens with one attached hydrogen (secondary N) is 1. The van der Waals surface area contributed by atoms with E-state index in [1.54, 1.807) is 0 Å². The van der Waals surface area contributed by atoms with Gasteiger partial charge in [-0.1, -0.05) is 25.1 Å². The predicted octanol–water partition coefficient (Wildman–Crippen LogP) is 3.45. The summed E-state index contributed by atoms with van der Waals surface area (Å²) in [7, 11) is 0. The Labute approximate surface area is 121 Å². The lowest BCUT2D eigenvalue weighted by molar-refractivity contribution is -0.0967. The number of fused-ring (bicyclic) bond motifs is 1. The summed E-state index contributed by atoms with van der Waals surface area (Å²) in [6.45, 7) is 6.23. The van der Waals surface area contributed by atoms with Gasteiger partial charge in [-0.15, -0.1) is 0 Å². The summed E-state index contributed by atoms with van der Waals surface area (Å²) in [5, 5.41) is 3.69. The first-order valence-electron chi connectivity index (χ1n) is 7.85. The van der Waals surface area contributed by atoms with Crippen LogP contribution in [0.2, 0.25) is 0 Å². The molecule has 3 heteroatoms. The fourth-order valence-corrected chi connectivity index (χ4v) is 3.53. The lowest BCUT2D eigenvalue weighted by Crippen LogP contribution is -2.49. The molecule has 1 N–H and O–H groups in total. The van der Waals surface area contributed by atoms with Crippen molar-refractivity contribution in [2.24, 2.45) is 0 Å². The van der Waals surface area contributed by atoms with Crippen molar-refractivity contribution in [3.63, 3.8) is 0 Å². The molecule has 0 aliphatic carbocycles. The second-order valence-electron chi connectivity index (χ2n) is 6.17. The topological polar surface area (TPSA) is 30.5 Å². The summed E-state index contributed by atoms with van der Waals surface area (Å²) in [5.41, 5.74) is 1.27. The molecule has 0 saturated carbocycles. The van der Waals surface area contributed by atoms with E-state index in [4.69, 9.17) is 9.47 Å². The van der Waals surface area contributed by atoms with E-state index in [1.165, 1.54) is 5.56 Å². The maximum Gasteiger partial charge on any atom is 0.124 e. The van der Waals surface area contributed by atoms with Crippen molar-refractivity contribution >= 4 is 0 Å². The summed E-state index contributed by atoms with van der Waals surface area (Å²) in [4.78, 5) is 0. The van der Waals surface area contributed by atoms with E-state index in [1.807, 2.05) is 0 Å². The van der Waals surface area contributed by atoms with Gasteiger partial charge in [0, 0.05) is 30.9 Å². The monoisotopic (exact) mass is 275 g/mol. The third kappa shape index (κ3) is 2.70. The van der Waals surface area contributed by atoms with E-state index >= 15 is 0 Å². The molecule has 3 nitrogen and oxygen atoms in total. The smallest absolute Gasteiger partial charge is 0.124 e. The van der Waals surface area contributed by atoms with Crippen molar-refractivity contribution in [3.05, 3.63) is 29.8 Å². The van der Waals surface area contributed by atoms with Crippen LogP contribution in [0.5, 0.6) is 5.75 Å². The van der Waals surface area contributed by atoms with Crippen molar-refractivity contribution in [1.82, 2.24) is 5.32 Å². The fourth-order valence-electron chi connectivity index (χ4n) is 3.53.